The van der Waals surface area contributed by atoms with Crippen LogP contribution in [0.1, 0.15) is 32.9 Å². The van der Waals surface area contributed by atoms with E-state index in [0.29, 0.717) is 12.1 Å². The number of nitrogens with zero attached hydrogens (tertiary/aromatic N) is 2. The van der Waals surface area contributed by atoms with Crippen LogP contribution >= 0.6 is 0 Å². The highest BCUT2D eigenvalue weighted by Gasteiger charge is 2.16. The molecule has 0 atom stereocenters. The molecule has 1 aromatic heterocycles. The highest BCUT2D eigenvalue weighted by molar-refractivity contribution is 5.96. The van der Waals surface area contributed by atoms with Gasteiger partial charge in [-0.2, -0.15) is 5.10 Å². The van der Waals surface area contributed by atoms with Crippen molar-refractivity contribution in [1.82, 2.24) is 15.1 Å². The molecular weight excluding hydrogens is 254 g/mol. The molecule has 0 unspecified atom stereocenters. The molecule has 106 valence electrons. The van der Waals surface area contributed by atoms with Crippen molar-refractivity contribution in [3.63, 3.8) is 0 Å². The third-order valence-electron chi connectivity index (χ3n) is 3.36. The van der Waals surface area contributed by atoms with Crippen LogP contribution in [0.4, 0.5) is 0 Å². The molecule has 1 aromatic carbocycles. The van der Waals surface area contributed by atoms with E-state index >= 15 is 0 Å². The van der Waals surface area contributed by atoms with E-state index in [9.17, 15) is 4.79 Å². The van der Waals surface area contributed by atoms with Gasteiger partial charge in [-0.3, -0.25) is 9.48 Å². The van der Waals surface area contributed by atoms with Crippen molar-refractivity contribution in [2.75, 3.05) is 0 Å². The minimum Gasteiger partial charge on any atom is -0.392 e. The number of hydrogen-bond acceptors (Lipinski definition) is 3. The molecule has 0 spiro atoms. The molecule has 0 saturated carbocycles. The average molecular weight is 273 g/mol. The van der Waals surface area contributed by atoms with Gasteiger partial charge in [0.2, 0.25) is 0 Å². The molecule has 0 fully saturated rings. The van der Waals surface area contributed by atoms with Crippen molar-refractivity contribution in [3.8, 4) is 0 Å². The number of benzene rings is 1. The van der Waals surface area contributed by atoms with E-state index in [4.69, 9.17) is 5.11 Å². The van der Waals surface area contributed by atoms with Crippen LogP contribution in [0.25, 0.3) is 0 Å². The largest absolute Gasteiger partial charge is 0.392 e. The first kappa shape index (κ1) is 14.3. The number of amides is 1. The lowest BCUT2D eigenvalue weighted by Gasteiger charge is -2.07. The van der Waals surface area contributed by atoms with Crippen molar-refractivity contribution in [3.05, 3.63) is 52.3 Å². The van der Waals surface area contributed by atoms with Crippen molar-refractivity contribution >= 4 is 5.91 Å². The summed E-state index contributed by atoms with van der Waals surface area (Å²) in [7, 11) is 1.82. The Labute approximate surface area is 118 Å². The van der Waals surface area contributed by atoms with Crippen LogP contribution in [0.2, 0.25) is 0 Å². The van der Waals surface area contributed by atoms with E-state index < -0.39 is 0 Å². The standard InChI is InChI=1S/C15H19N3O2/c1-10-14(11(2)18(3)17-10)15(20)16-8-12-5-4-6-13(7-12)9-19/h4-7,19H,8-9H2,1-3H3,(H,16,20). The number of carbonyl (C=O) groups is 1. The molecule has 2 aromatic rings. The molecule has 0 radical (unpaired) electrons. The Bertz CT molecular complexity index is 632. The van der Waals surface area contributed by atoms with E-state index in [0.717, 1.165) is 22.5 Å². The third-order valence-corrected chi connectivity index (χ3v) is 3.36. The van der Waals surface area contributed by atoms with Gasteiger partial charge in [0.15, 0.2) is 0 Å². The molecule has 20 heavy (non-hydrogen) atoms. The van der Waals surface area contributed by atoms with E-state index in [1.807, 2.05) is 45.2 Å². The maximum atomic E-state index is 12.2. The topological polar surface area (TPSA) is 67.2 Å². The second-order valence-electron chi connectivity index (χ2n) is 4.83. The Morgan fingerprint density at radius 3 is 2.65 bits per heavy atom. The van der Waals surface area contributed by atoms with Gasteiger partial charge in [-0.1, -0.05) is 24.3 Å². The highest BCUT2D eigenvalue weighted by Crippen LogP contribution is 2.12. The molecule has 2 rings (SSSR count). The third kappa shape index (κ3) is 2.88. The lowest BCUT2D eigenvalue weighted by Crippen LogP contribution is -2.24. The number of carbonyl (C=O) groups excluding carboxylic acids is 1. The summed E-state index contributed by atoms with van der Waals surface area (Å²) in [5.41, 5.74) is 4.01. The fraction of sp³-hybridized carbons (Fsp3) is 0.333. The lowest BCUT2D eigenvalue weighted by atomic mass is 10.1. The maximum absolute atomic E-state index is 12.2. The molecule has 5 nitrogen and oxygen atoms in total. The van der Waals surface area contributed by atoms with Gasteiger partial charge in [-0.25, -0.2) is 0 Å². The van der Waals surface area contributed by atoms with Crippen molar-refractivity contribution < 1.29 is 9.90 Å². The molecule has 0 saturated heterocycles. The number of hydrogen-bond donors (Lipinski definition) is 2. The van der Waals surface area contributed by atoms with Gasteiger partial charge in [0.1, 0.15) is 0 Å². The Balaban J connectivity index is 2.08. The summed E-state index contributed by atoms with van der Waals surface area (Å²) in [4.78, 5) is 12.2. The highest BCUT2D eigenvalue weighted by atomic mass is 16.3. The minimum atomic E-state index is -0.123. The summed E-state index contributed by atoms with van der Waals surface area (Å²) < 4.78 is 1.70. The quantitative estimate of drug-likeness (QED) is 0.886. The molecule has 1 heterocycles. The van der Waals surface area contributed by atoms with Crippen LogP contribution in [-0.4, -0.2) is 20.8 Å². The van der Waals surface area contributed by atoms with Gasteiger partial charge in [0.05, 0.1) is 17.9 Å². The van der Waals surface area contributed by atoms with E-state index in [-0.39, 0.29) is 12.5 Å². The van der Waals surface area contributed by atoms with Gasteiger partial charge in [-0.05, 0) is 25.0 Å². The summed E-state index contributed by atoms with van der Waals surface area (Å²) in [5.74, 6) is -0.123. The van der Waals surface area contributed by atoms with E-state index in [1.165, 1.54) is 0 Å². The Kier molecular flexibility index (Phi) is 4.20. The van der Waals surface area contributed by atoms with Crippen LogP contribution in [0.3, 0.4) is 0 Å². The Morgan fingerprint density at radius 2 is 2.05 bits per heavy atom. The summed E-state index contributed by atoms with van der Waals surface area (Å²) >= 11 is 0. The number of rotatable bonds is 4. The molecule has 0 aliphatic heterocycles. The van der Waals surface area contributed by atoms with Crippen molar-refractivity contribution in [2.24, 2.45) is 7.05 Å². The zero-order valence-corrected chi connectivity index (χ0v) is 12.0. The molecule has 0 aliphatic carbocycles. The van der Waals surface area contributed by atoms with Gasteiger partial charge < -0.3 is 10.4 Å². The minimum absolute atomic E-state index is 0.00259. The second kappa shape index (κ2) is 5.88. The van der Waals surface area contributed by atoms with Gasteiger partial charge in [0.25, 0.3) is 5.91 Å². The number of nitrogens with one attached hydrogen (secondary N) is 1. The monoisotopic (exact) mass is 273 g/mol. The van der Waals surface area contributed by atoms with Crippen molar-refractivity contribution in [2.45, 2.75) is 27.0 Å². The zero-order valence-electron chi connectivity index (χ0n) is 12.0. The fourth-order valence-electron chi connectivity index (χ4n) is 2.21. The van der Waals surface area contributed by atoms with Gasteiger partial charge >= 0.3 is 0 Å². The summed E-state index contributed by atoms with van der Waals surface area (Å²) in [5, 5.41) is 16.2. The molecule has 0 aliphatic rings. The number of aliphatic hydroxyl groups is 1. The molecule has 5 heteroatoms. The Morgan fingerprint density at radius 1 is 1.35 bits per heavy atom. The van der Waals surface area contributed by atoms with E-state index in [2.05, 4.69) is 10.4 Å². The van der Waals surface area contributed by atoms with Crippen LogP contribution in [0.5, 0.6) is 0 Å². The SMILES string of the molecule is Cc1nn(C)c(C)c1C(=O)NCc1cccc(CO)c1. The van der Waals surface area contributed by atoms with Crippen LogP contribution in [0.15, 0.2) is 24.3 Å². The maximum Gasteiger partial charge on any atom is 0.255 e. The first-order valence-electron chi connectivity index (χ1n) is 6.50. The van der Waals surface area contributed by atoms with Crippen molar-refractivity contribution in [1.29, 1.82) is 0 Å². The molecular formula is C15H19N3O2. The normalized spacial score (nSPS) is 10.6. The first-order valence-corrected chi connectivity index (χ1v) is 6.50. The smallest absolute Gasteiger partial charge is 0.255 e. The van der Waals surface area contributed by atoms with E-state index in [1.54, 1.807) is 4.68 Å². The lowest BCUT2D eigenvalue weighted by molar-refractivity contribution is 0.0949. The predicted molar refractivity (Wildman–Crippen MR) is 76.2 cm³/mol. The average Bonchev–Trinajstić information content (AvgIpc) is 2.70. The Hall–Kier alpha value is -2.14. The van der Waals surface area contributed by atoms with Crippen LogP contribution < -0.4 is 5.32 Å². The van der Waals surface area contributed by atoms with Gasteiger partial charge in [0, 0.05) is 19.3 Å². The second-order valence-corrected chi connectivity index (χ2v) is 4.83. The van der Waals surface area contributed by atoms with Crippen LogP contribution in [-0.2, 0) is 20.2 Å². The zero-order chi connectivity index (χ0) is 14.7. The summed E-state index contributed by atoms with van der Waals surface area (Å²) in [6.07, 6.45) is 0. The van der Waals surface area contributed by atoms with Gasteiger partial charge in [-0.15, -0.1) is 0 Å². The number of aliphatic hydroxyl groups excluding tert-OH is 1. The predicted octanol–water partition coefficient (Wildman–Crippen LogP) is 1.46. The molecule has 0 bridgehead atoms. The number of aromatic nitrogens is 2. The molecule has 1 amide bonds. The molecule has 2 N–H and O–H groups in total. The van der Waals surface area contributed by atoms with Crippen LogP contribution in [0, 0.1) is 13.8 Å². The fourth-order valence-corrected chi connectivity index (χ4v) is 2.21. The number of aryl methyl sites for hydroxylation is 2. The first-order chi connectivity index (χ1) is 9.52. The summed E-state index contributed by atoms with van der Waals surface area (Å²) in [6, 6.07) is 7.51. The summed E-state index contributed by atoms with van der Waals surface area (Å²) in [6.45, 7) is 4.14.